The smallest absolute Gasteiger partial charge is 0.221 e. The number of para-hydroxylation sites is 1. The molecule has 0 bridgehead atoms. The van der Waals surface area contributed by atoms with E-state index in [9.17, 15) is 4.79 Å². The van der Waals surface area contributed by atoms with E-state index in [2.05, 4.69) is 34.6 Å². The zero-order valence-corrected chi connectivity index (χ0v) is 13.9. The molecule has 1 aromatic carbocycles. The third kappa shape index (κ3) is 7.58. The highest BCUT2D eigenvalue weighted by Gasteiger charge is 2.10. The second-order valence-corrected chi connectivity index (χ2v) is 4.45. The van der Waals surface area contributed by atoms with Crippen LogP contribution in [0.5, 0.6) is 0 Å². The molecule has 0 aliphatic heterocycles. The number of nitrogens with one attached hydrogen (secondary N) is 2. The van der Waals surface area contributed by atoms with Crippen LogP contribution in [0.1, 0.15) is 13.3 Å². The van der Waals surface area contributed by atoms with Gasteiger partial charge in [0.15, 0.2) is 0 Å². The first-order valence-corrected chi connectivity index (χ1v) is 6.34. The molecule has 0 fully saturated rings. The van der Waals surface area contributed by atoms with Crippen LogP contribution in [0.4, 0.5) is 5.69 Å². The van der Waals surface area contributed by atoms with Gasteiger partial charge in [-0.3, -0.25) is 4.79 Å². The van der Waals surface area contributed by atoms with Crippen LogP contribution < -0.4 is 15.5 Å². The van der Waals surface area contributed by atoms with Gasteiger partial charge in [0.25, 0.3) is 0 Å². The lowest BCUT2D eigenvalue weighted by atomic mass is 10.2. The predicted octanol–water partition coefficient (Wildman–Crippen LogP) is 2.08. The molecule has 1 amide bonds. The summed E-state index contributed by atoms with van der Waals surface area (Å²) < 4.78 is 0. The number of nitrogens with zero attached hydrogens (tertiary/aromatic N) is 1. The van der Waals surface area contributed by atoms with Gasteiger partial charge in [-0.15, -0.1) is 24.8 Å². The SMILES string of the molecule is CNCCC(=O)NCC(C)N(C)c1ccccc1.Cl.Cl. The van der Waals surface area contributed by atoms with Crippen molar-refractivity contribution in [2.75, 3.05) is 32.1 Å². The largest absolute Gasteiger partial charge is 0.370 e. The molecule has 20 heavy (non-hydrogen) atoms. The maximum atomic E-state index is 11.5. The van der Waals surface area contributed by atoms with Gasteiger partial charge in [0.2, 0.25) is 5.91 Å². The summed E-state index contributed by atoms with van der Waals surface area (Å²) in [5, 5.41) is 5.91. The van der Waals surface area contributed by atoms with Crippen LogP contribution in [0.3, 0.4) is 0 Å². The first-order chi connectivity index (χ1) is 8.65. The fourth-order valence-corrected chi connectivity index (χ4v) is 1.64. The van der Waals surface area contributed by atoms with Gasteiger partial charge in [-0.2, -0.15) is 0 Å². The van der Waals surface area contributed by atoms with E-state index in [1.54, 1.807) is 0 Å². The Morgan fingerprint density at radius 3 is 2.40 bits per heavy atom. The van der Waals surface area contributed by atoms with Crippen LogP contribution in [0.2, 0.25) is 0 Å². The van der Waals surface area contributed by atoms with E-state index in [0.29, 0.717) is 13.0 Å². The average molecular weight is 322 g/mol. The molecule has 4 nitrogen and oxygen atoms in total. The van der Waals surface area contributed by atoms with Crippen molar-refractivity contribution >= 4 is 36.4 Å². The summed E-state index contributed by atoms with van der Waals surface area (Å²) in [5.74, 6) is 0.0951. The number of anilines is 1. The van der Waals surface area contributed by atoms with E-state index in [4.69, 9.17) is 0 Å². The van der Waals surface area contributed by atoms with Crippen LogP contribution in [-0.4, -0.2) is 39.1 Å². The van der Waals surface area contributed by atoms with Crippen LogP contribution >= 0.6 is 24.8 Å². The summed E-state index contributed by atoms with van der Waals surface area (Å²) >= 11 is 0. The molecule has 0 aliphatic carbocycles. The first-order valence-electron chi connectivity index (χ1n) is 6.34. The third-order valence-corrected chi connectivity index (χ3v) is 3.02. The van der Waals surface area contributed by atoms with E-state index >= 15 is 0 Å². The molecular weight excluding hydrogens is 297 g/mol. The lowest BCUT2D eigenvalue weighted by Gasteiger charge is -2.27. The number of carbonyl (C=O) groups is 1. The molecule has 1 atom stereocenters. The number of carbonyl (C=O) groups excluding carboxylic acids is 1. The van der Waals surface area contributed by atoms with E-state index in [1.165, 1.54) is 0 Å². The quantitative estimate of drug-likeness (QED) is 0.808. The zero-order chi connectivity index (χ0) is 13.4. The summed E-state index contributed by atoms with van der Waals surface area (Å²) in [6.07, 6.45) is 0.526. The van der Waals surface area contributed by atoms with Gasteiger partial charge in [-0.1, -0.05) is 18.2 Å². The minimum atomic E-state index is 0. The van der Waals surface area contributed by atoms with Gasteiger partial charge < -0.3 is 15.5 Å². The maximum Gasteiger partial charge on any atom is 0.221 e. The van der Waals surface area contributed by atoms with Crippen molar-refractivity contribution in [3.63, 3.8) is 0 Å². The Hall–Kier alpha value is -0.970. The number of hydrogen-bond donors (Lipinski definition) is 2. The third-order valence-electron chi connectivity index (χ3n) is 3.02. The van der Waals surface area contributed by atoms with Gasteiger partial charge in [0, 0.05) is 38.3 Å². The summed E-state index contributed by atoms with van der Waals surface area (Å²) in [6, 6.07) is 10.4. The zero-order valence-electron chi connectivity index (χ0n) is 12.3. The van der Waals surface area contributed by atoms with Crippen molar-refractivity contribution in [3.05, 3.63) is 30.3 Å². The molecule has 0 aliphatic rings. The highest BCUT2D eigenvalue weighted by molar-refractivity contribution is 5.85. The summed E-state index contributed by atoms with van der Waals surface area (Å²) in [6.45, 7) is 3.48. The number of hydrogen-bond acceptors (Lipinski definition) is 3. The highest BCUT2D eigenvalue weighted by Crippen LogP contribution is 2.13. The second kappa shape index (κ2) is 11.8. The van der Waals surface area contributed by atoms with Gasteiger partial charge in [0.1, 0.15) is 0 Å². The van der Waals surface area contributed by atoms with Gasteiger partial charge in [-0.05, 0) is 26.1 Å². The molecule has 2 N–H and O–H groups in total. The molecular formula is C14H25Cl2N3O. The lowest BCUT2D eigenvalue weighted by molar-refractivity contribution is -0.121. The van der Waals surface area contributed by atoms with Crippen molar-refractivity contribution in [2.45, 2.75) is 19.4 Å². The molecule has 0 spiro atoms. The van der Waals surface area contributed by atoms with Gasteiger partial charge >= 0.3 is 0 Å². The van der Waals surface area contributed by atoms with E-state index < -0.39 is 0 Å². The Morgan fingerprint density at radius 2 is 1.85 bits per heavy atom. The molecule has 0 heterocycles. The Labute approximate surface area is 134 Å². The molecule has 1 rings (SSSR count). The normalized spacial score (nSPS) is 10.8. The number of benzene rings is 1. The number of amides is 1. The monoisotopic (exact) mass is 321 g/mol. The maximum absolute atomic E-state index is 11.5. The fourth-order valence-electron chi connectivity index (χ4n) is 1.64. The van der Waals surface area contributed by atoms with E-state index in [-0.39, 0.29) is 36.8 Å². The van der Waals surface area contributed by atoms with Crippen molar-refractivity contribution in [3.8, 4) is 0 Å². The van der Waals surface area contributed by atoms with Crippen molar-refractivity contribution in [1.29, 1.82) is 0 Å². The standard InChI is InChI=1S/C14H23N3O.2ClH/c1-12(11-16-14(18)9-10-15-2)17(3)13-7-5-4-6-8-13;;/h4-8,12,15H,9-11H2,1-3H3,(H,16,18);2*1H. The van der Waals surface area contributed by atoms with Crippen LogP contribution in [0.15, 0.2) is 30.3 Å². The van der Waals surface area contributed by atoms with E-state index in [1.807, 2.05) is 32.3 Å². The second-order valence-electron chi connectivity index (χ2n) is 4.45. The van der Waals surface area contributed by atoms with Crippen LogP contribution in [0, 0.1) is 0 Å². The first kappa shape index (κ1) is 21.3. The Bertz CT molecular complexity index is 363. The number of halogens is 2. The van der Waals surface area contributed by atoms with Crippen molar-refractivity contribution in [2.24, 2.45) is 0 Å². The number of likely N-dealkylation sites (N-methyl/N-ethyl adjacent to an activating group) is 1. The number of rotatable bonds is 7. The Balaban J connectivity index is 0. The fraction of sp³-hybridized carbons (Fsp3) is 0.500. The van der Waals surface area contributed by atoms with Crippen molar-refractivity contribution in [1.82, 2.24) is 10.6 Å². The molecule has 1 unspecified atom stereocenters. The lowest BCUT2D eigenvalue weighted by Crippen LogP contribution is -2.40. The molecule has 6 heteroatoms. The van der Waals surface area contributed by atoms with Crippen LogP contribution in [0.25, 0.3) is 0 Å². The minimum Gasteiger partial charge on any atom is -0.370 e. The highest BCUT2D eigenvalue weighted by atomic mass is 35.5. The van der Waals surface area contributed by atoms with Gasteiger partial charge in [-0.25, -0.2) is 0 Å². The molecule has 0 saturated heterocycles. The van der Waals surface area contributed by atoms with Crippen molar-refractivity contribution < 1.29 is 4.79 Å². The summed E-state index contributed by atoms with van der Waals surface area (Å²) in [7, 11) is 3.89. The minimum absolute atomic E-state index is 0. The molecule has 116 valence electrons. The summed E-state index contributed by atoms with van der Waals surface area (Å²) in [5.41, 5.74) is 1.16. The summed E-state index contributed by atoms with van der Waals surface area (Å²) in [4.78, 5) is 13.7. The molecule has 0 saturated carbocycles. The molecule has 0 radical (unpaired) electrons. The molecule has 0 aromatic heterocycles. The van der Waals surface area contributed by atoms with Crippen LogP contribution in [-0.2, 0) is 4.79 Å². The average Bonchev–Trinajstić information content (AvgIpc) is 2.42. The Morgan fingerprint density at radius 1 is 1.25 bits per heavy atom. The predicted molar refractivity (Wildman–Crippen MR) is 90.4 cm³/mol. The molecule has 1 aromatic rings. The Kier molecular flexibility index (Phi) is 12.6. The topological polar surface area (TPSA) is 44.4 Å². The van der Waals surface area contributed by atoms with Gasteiger partial charge in [0.05, 0.1) is 0 Å². The van der Waals surface area contributed by atoms with E-state index in [0.717, 1.165) is 12.2 Å².